The maximum atomic E-state index is 10.7. The second kappa shape index (κ2) is 5.30. The first-order chi connectivity index (χ1) is 7.75. The van der Waals surface area contributed by atoms with Crippen LogP contribution in [-0.4, -0.2) is 26.3 Å². The molecule has 16 heavy (non-hydrogen) atoms. The van der Waals surface area contributed by atoms with Crippen LogP contribution >= 0.6 is 11.8 Å². The average Bonchev–Trinajstić information content (AvgIpc) is 2.79. The van der Waals surface area contributed by atoms with E-state index in [0.717, 1.165) is 0 Å². The van der Waals surface area contributed by atoms with Gasteiger partial charge in [-0.15, -0.1) is 0 Å². The summed E-state index contributed by atoms with van der Waals surface area (Å²) >= 11 is 1.84. The van der Waals surface area contributed by atoms with Crippen LogP contribution in [-0.2, 0) is 5.75 Å². The number of carbonyl (C=O) groups is 1. The zero-order chi connectivity index (χ0) is 11.4. The van der Waals surface area contributed by atoms with E-state index in [0.29, 0.717) is 16.8 Å². The van der Waals surface area contributed by atoms with Gasteiger partial charge in [-0.25, -0.2) is 14.8 Å². The quantitative estimate of drug-likeness (QED) is 0.872. The highest BCUT2D eigenvalue weighted by atomic mass is 32.2. The summed E-state index contributed by atoms with van der Waals surface area (Å²) in [5.41, 5.74) is 0.0806. The Labute approximate surface area is 98.5 Å². The minimum absolute atomic E-state index is 0.0806. The van der Waals surface area contributed by atoms with Crippen molar-refractivity contribution < 1.29 is 9.90 Å². The third-order valence-corrected chi connectivity index (χ3v) is 4.04. The number of rotatable bonds is 4. The van der Waals surface area contributed by atoms with E-state index in [1.165, 1.54) is 37.9 Å². The zero-order valence-electron chi connectivity index (χ0n) is 8.93. The van der Waals surface area contributed by atoms with Crippen LogP contribution < -0.4 is 0 Å². The van der Waals surface area contributed by atoms with Gasteiger partial charge in [0.15, 0.2) is 5.69 Å². The molecule has 1 aromatic rings. The van der Waals surface area contributed by atoms with Gasteiger partial charge in [0.1, 0.15) is 5.82 Å². The Kier molecular flexibility index (Phi) is 3.77. The third kappa shape index (κ3) is 2.95. The predicted octanol–water partition coefficient (Wildman–Crippen LogP) is 2.35. The van der Waals surface area contributed by atoms with Gasteiger partial charge in [-0.3, -0.25) is 0 Å². The maximum Gasteiger partial charge on any atom is 0.354 e. The summed E-state index contributed by atoms with van der Waals surface area (Å²) in [6.07, 6.45) is 6.68. The second-order valence-electron chi connectivity index (χ2n) is 3.88. The Bertz CT molecular complexity index is 378. The Balaban J connectivity index is 1.93. The van der Waals surface area contributed by atoms with Crippen molar-refractivity contribution in [3.05, 3.63) is 23.8 Å². The number of aromatic nitrogens is 2. The molecule has 0 saturated heterocycles. The lowest BCUT2D eigenvalue weighted by atomic mass is 10.4. The van der Waals surface area contributed by atoms with Crippen LogP contribution in [0, 0.1) is 0 Å². The van der Waals surface area contributed by atoms with Gasteiger partial charge in [0.05, 0.1) is 5.75 Å². The van der Waals surface area contributed by atoms with Crippen molar-refractivity contribution in [2.75, 3.05) is 0 Å². The molecule has 1 heterocycles. The van der Waals surface area contributed by atoms with Gasteiger partial charge in [0.25, 0.3) is 0 Å². The largest absolute Gasteiger partial charge is 0.477 e. The van der Waals surface area contributed by atoms with E-state index in [4.69, 9.17) is 5.11 Å². The molecule has 0 aliphatic heterocycles. The molecule has 86 valence electrons. The third-order valence-electron chi connectivity index (χ3n) is 2.67. The molecule has 0 amide bonds. The number of hydrogen-bond donors (Lipinski definition) is 1. The van der Waals surface area contributed by atoms with Crippen LogP contribution in [0.1, 0.15) is 42.0 Å². The predicted molar refractivity (Wildman–Crippen MR) is 62.5 cm³/mol. The average molecular weight is 238 g/mol. The van der Waals surface area contributed by atoms with Crippen LogP contribution in [0.4, 0.5) is 0 Å². The van der Waals surface area contributed by atoms with E-state index in [1.807, 2.05) is 11.8 Å². The lowest BCUT2D eigenvalue weighted by Gasteiger charge is -2.07. The zero-order valence-corrected chi connectivity index (χ0v) is 9.74. The van der Waals surface area contributed by atoms with Crippen molar-refractivity contribution in [2.24, 2.45) is 0 Å². The maximum absolute atomic E-state index is 10.7. The number of thioether (sulfide) groups is 1. The van der Waals surface area contributed by atoms with Crippen LogP contribution in [0.25, 0.3) is 0 Å². The summed E-state index contributed by atoms with van der Waals surface area (Å²) in [5, 5.41) is 9.50. The lowest BCUT2D eigenvalue weighted by molar-refractivity contribution is 0.0690. The number of nitrogens with zero attached hydrogens (tertiary/aromatic N) is 2. The molecule has 0 bridgehead atoms. The second-order valence-corrected chi connectivity index (χ2v) is 5.17. The number of carboxylic acids is 1. The minimum atomic E-state index is -0.991. The summed E-state index contributed by atoms with van der Waals surface area (Å²) in [7, 11) is 0. The smallest absolute Gasteiger partial charge is 0.354 e. The molecule has 1 aliphatic rings. The molecule has 1 aromatic heterocycles. The highest BCUT2D eigenvalue weighted by Crippen LogP contribution is 2.30. The molecule has 1 aliphatic carbocycles. The normalized spacial score (nSPS) is 16.5. The van der Waals surface area contributed by atoms with Gasteiger partial charge in [0, 0.05) is 11.4 Å². The van der Waals surface area contributed by atoms with Crippen LogP contribution in [0.3, 0.4) is 0 Å². The van der Waals surface area contributed by atoms with Gasteiger partial charge >= 0.3 is 5.97 Å². The first kappa shape index (κ1) is 11.4. The van der Waals surface area contributed by atoms with Gasteiger partial charge in [-0.2, -0.15) is 11.8 Å². The minimum Gasteiger partial charge on any atom is -0.477 e. The summed E-state index contributed by atoms with van der Waals surface area (Å²) in [5.74, 6) is 0.345. The van der Waals surface area contributed by atoms with Crippen LogP contribution in [0.5, 0.6) is 0 Å². The Hall–Kier alpha value is -1.10. The van der Waals surface area contributed by atoms with E-state index < -0.39 is 5.97 Å². The fourth-order valence-electron chi connectivity index (χ4n) is 1.84. The molecular weight excluding hydrogens is 224 g/mol. The van der Waals surface area contributed by atoms with Crippen molar-refractivity contribution in [2.45, 2.75) is 36.7 Å². The Morgan fingerprint density at radius 3 is 2.94 bits per heavy atom. The van der Waals surface area contributed by atoms with Crippen molar-refractivity contribution >= 4 is 17.7 Å². The van der Waals surface area contributed by atoms with Gasteiger partial charge in [-0.05, 0) is 18.9 Å². The number of hydrogen-bond acceptors (Lipinski definition) is 4. The summed E-state index contributed by atoms with van der Waals surface area (Å²) < 4.78 is 0. The first-order valence-corrected chi connectivity index (χ1v) is 6.47. The standard InChI is InChI=1S/C11H14N2O2S/c14-11(15)9-5-6-12-10(13-9)7-16-8-3-1-2-4-8/h5-6,8H,1-4,7H2,(H,14,15). The molecule has 1 N–H and O–H groups in total. The molecule has 0 unspecified atom stereocenters. The van der Waals surface area contributed by atoms with Crippen molar-refractivity contribution in [3.8, 4) is 0 Å². The lowest BCUT2D eigenvalue weighted by Crippen LogP contribution is -2.05. The van der Waals surface area contributed by atoms with Crippen LogP contribution in [0.2, 0.25) is 0 Å². The molecule has 4 nitrogen and oxygen atoms in total. The summed E-state index contributed by atoms with van der Waals surface area (Å²) in [6.45, 7) is 0. The van der Waals surface area contributed by atoms with E-state index in [-0.39, 0.29) is 5.69 Å². The van der Waals surface area contributed by atoms with Crippen molar-refractivity contribution in [3.63, 3.8) is 0 Å². The van der Waals surface area contributed by atoms with Gasteiger partial charge in [-0.1, -0.05) is 12.8 Å². The molecular formula is C11H14N2O2S. The Morgan fingerprint density at radius 1 is 1.50 bits per heavy atom. The topological polar surface area (TPSA) is 63.1 Å². The Morgan fingerprint density at radius 2 is 2.25 bits per heavy atom. The fraction of sp³-hybridized carbons (Fsp3) is 0.545. The monoisotopic (exact) mass is 238 g/mol. The van der Waals surface area contributed by atoms with Gasteiger partial charge < -0.3 is 5.11 Å². The highest BCUT2D eigenvalue weighted by Gasteiger charge is 2.16. The molecule has 5 heteroatoms. The molecule has 1 saturated carbocycles. The van der Waals surface area contributed by atoms with Gasteiger partial charge in [0.2, 0.25) is 0 Å². The number of aromatic carboxylic acids is 1. The van der Waals surface area contributed by atoms with Crippen LogP contribution in [0.15, 0.2) is 12.3 Å². The molecule has 0 aromatic carbocycles. The molecule has 0 spiro atoms. The van der Waals surface area contributed by atoms with E-state index in [1.54, 1.807) is 0 Å². The summed E-state index contributed by atoms with van der Waals surface area (Å²) in [4.78, 5) is 18.8. The molecule has 0 atom stereocenters. The number of carboxylic acid groups (broad SMARTS) is 1. The molecule has 1 fully saturated rings. The first-order valence-electron chi connectivity index (χ1n) is 5.42. The van der Waals surface area contributed by atoms with E-state index in [2.05, 4.69) is 9.97 Å². The molecule has 0 radical (unpaired) electrons. The SMILES string of the molecule is O=C(O)c1ccnc(CSC2CCCC2)n1. The fourth-order valence-corrected chi connectivity index (χ4v) is 3.03. The highest BCUT2D eigenvalue weighted by molar-refractivity contribution is 7.99. The van der Waals surface area contributed by atoms with Crippen molar-refractivity contribution in [1.82, 2.24) is 9.97 Å². The van der Waals surface area contributed by atoms with E-state index >= 15 is 0 Å². The molecule has 2 rings (SSSR count). The van der Waals surface area contributed by atoms with Crippen molar-refractivity contribution in [1.29, 1.82) is 0 Å². The summed E-state index contributed by atoms with van der Waals surface area (Å²) in [6, 6.07) is 1.42. The van der Waals surface area contributed by atoms with E-state index in [9.17, 15) is 4.79 Å².